The zero-order chi connectivity index (χ0) is 16.9. The summed E-state index contributed by atoms with van der Waals surface area (Å²) < 4.78 is 1.59. The van der Waals surface area contributed by atoms with Gasteiger partial charge in [0.15, 0.2) is 0 Å². The fourth-order valence-electron chi connectivity index (χ4n) is 3.25. The van der Waals surface area contributed by atoms with E-state index < -0.39 is 0 Å². The SMILES string of the molecule is CCCCCNC(=O)CCn1cnc2sc3c(c2c1=O)CCCC3. The standard InChI is InChI=1S/C18H25N3O2S/c1-2-3-6-10-19-15(22)9-11-21-12-20-17-16(18(21)23)13-7-4-5-8-14(13)24-17/h12H,2-11H2,1H3,(H,19,22). The molecule has 2 aromatic rings. The topological polar surface area (TPSA) is 64.0 Å². The molecule has 0 unspecified atom stereocenters. The zero-order valence-electron chi connectivity index (χ0n) is 14.3. The number of hydrogen-bond donors (Lipinski definition) is 1. The molecule has 1 N–H and O–H groups in total. The largest absolute Gasteiger partial charge is 0.356 e. The predicted molar refractivity (Wildman–Crippen MR) is 97.7 cm³/mol. The van der Waals surface area contributed by atoms with Crippen LogP contribution < -0.4 is 10.9 Å². The van der Waals surface area contributed by atoms with Crippen LogP contribution in [0.1, 0.15) is 55.9 Å². The molecule has 1 amide bonds. The molecule has 0 aliphatic heterocycles. The van der Waals surface area contributed by atoms with Gasteiger partial charge in [-0.3, -0.25) is 14.2 Å². The summed E-state index contributed by atoms with van der Waals surface area (Å²) in [6, 6.07) is 0. The molecule has 0 bridgehead atoms. The Hall–Kier alpha value is -1.69. The normalized spacial score (nSPS) is 13.9. The highest BCUT2D eigenvalue weighted by Crippen LogP contribution is 2.33. The van der Waals surface area contributed by atoms with Crippen molar-refractivity contribution in [3.63, 3.8) is 0 Å². The van der Waals surface area contributed by atoms with Crippen LogP contribution >= 0.6 is 11.3 Å². The number of rotatable bonds is 7. The maximum Gasteiger partial charge on any atom is 0.262 e. The highest BCUT2D eigenvalue weighted by Gasteiger charge is 2.20. The lowest BCUT2D eigenvalue weighted by molar-refractivity contribution is -0.121. The molecule has 24 heavy (non-hydrogen) atoms. The first-order valence-corrected chi connectivity index (χ1v) is 9.78. The van der Waals surface area contributed by atoms with Gasteiger partial charge in [0.2, 0.25) is 5.91 Å². The molecule has 0 fully saturated rings. The second-order valence-electron chi connectivity index (χ2n) is 6.44. The van der Waals surface area contributed by atoms with E-state index in [-0.39, 0.29) is 11.5 Å². The number of fused-ring (bicyclic) bond motifs is 3. The highest BCUT2D eigenvalue weighted by molar-refractivity contribution is 7.18. The van der Waals surface area contributed by atoms with E-state index in [0.29, 0.717) is 13.0 Å². The fraction of sp³-hybridized carbons (Fsp3) is 0.611. The molecule has 3 rings (SSSR count). The molecule has 1 aliphatic rings. The van der Waals surface area contributed by atoms with E-state index in [1.54, 1.807) is 22.2 Å². The minimum atomic E-state index is 0.00504. The molecule has 0 saturated heterocycles. The lowest BCUT2D eigenvalue weighted by Gasteiger charge is -2.10. The minimum Gasteiger partial charge on any atom is -0.356 e. The monoisotopic (exact) mass is 347 g/mol. The number of amides is 1. The Morgan fingerprint density at radius 3 is 3.00 bits per heavy atom. The Balaban J connectivity index is 1.68. The van der Waals surface area contributed by atoms with Crippen molar-refractivity contribution in [1.82, 2.24) is 14.9 Å². The molecule has 0 atom stereocenters. The highest BCUT2D eigenvalue weighted by atomic mass is 32.1. The Morgan fingerprint density at radius 1 is 1.33 bits per heavy atom. The maximum absolute atomic E-state index is 12.8. The Morgan fingerprint density at radius 2 is 2.17 bits per heavy atom. The Labute approximate surface area is 146 Å². The van der Waals surface area contributed by atoms with Crippen molar-refractivity contribution in [2.75, 3.05) is 6.54 Å². The van der Waals surface area contributed by atoms with E-state index in [0.717, 1.165) is 55.3 Å². The predicted octanol–water partition coefficient (Wildman–Crippen LogP) is 3.03. The van der Waals surface area contributed by atoms with Crippen LogP contribution in [0.5, 0.6) is 0 Å². The van der Waals surface area contributed by atoms with Gasteiger partial charge < -0.3 is 5.32 Å². The minimum absolute atomic E-state index is 0.00504. The summed E-state index contributed by atoms with van der Waals surface area (Å²) in [6.07, 6.45) is 9.59. The van der Waals surface area contributed by atoms with Crippen molar-refractivity contribution in [2.45, 2.75) is 64.8 Å². The quantitative estimate of drug-likeness (QED) is 0.783. The van der Waals surface area contributed by atoms with E-state index in [9.17, 15) is 9.59 Å². The van der Waals surface area contributed by atoms with E-state index in [2.05, 4.69) is 17.2 Å². The summed E-state index contributed by atoms with van der Waals surface area (Å²) >= 11 is 1.66. The van der Waals surface area contributed by atoms with Gasteiger partial charge in [-0.25, -0.2) is 4.98 Å². The summed E-state index contributed by atoms with van der Waals surface area (Å²) in [5.74, 6) is 0.00504. The average molecular weight is 347 g/mol. The van der Waals surface area contributed by atoms with Crippen LogP contribution in [0.15, 0.2) is 11.1 Å². The van der Waals surface area contributed by atoms with E-state index in [4.69, 9.17) is 0 Å². The van der Waals surface area contributed by atoms with Crippen LogP contribution in [0.2, 0.25) is 0 Å². The molecule has 0 spiro atoms. The summed E-state index contributed by atoms with van der Waals surface area (Å²) in [5.41, 5.74) is 1.22. The molecule has 2 aromatic heterocycles. The number of hydrogen-bond acceptors (Lipinski definition) is 4. The molecule has 2 heterocycles. The smallest absolute Gasteiger partial charge is 0.262 e. The second kappa shape index (κ2) is 7.92. The number of nitrogens with zero attached hydrogens (tertiary/aromatic N) is 2. The van der Waals surface area contributed by atoms with Crippen LogP contribution in [0.3, 0.4) is 0 Å². The number of thiophene rings is 1. The van der Waals surface area contributed by atoms with Gasteiger partial charge in [0, 0.05) is 24.4 Å². The molecule has 0 radical (unpaired) electrons. The number of carbonyl (C=O) groups is 1. The van der Waals surface area contributed by atoms with Gasteiger partial charge in [0.25, 0.3) is 5.56 Å². The fourth-order valence-corrected chi connectivity index (χ4v) is 4.47. The third-order valence-electron chi connectivity index (χ3n) is 4.62. The second-order valence-corrected chi connectivity index (χ2v) is 7.52. The number of unbranched alkanes of at least 4 members (excludes halogenated alkanes) is 2. The number of aryl methyl sites for hydroxylation is 3. The van der Waals surface area contributed by atoms with Crippen molar-refractivity contribution in [3.05, 3.63) is 27.1 Å². The number of carbonyl (C=O) groups excluding carboxylic acids is 1. The molecular formula is C18H25N3O2S. The van der Waals surface area contributed by atoms with Crippen molar-refractivity contribution in [2.24, 2.45) is 0 Å². The molecule has 130 valence electrons. The third-order valence-corrected chi connectivity index (χ3v) is 5.82. The van der Waals surface area contributed by atoms with Gasteiger partial charge in [-0.1, -0.05) is 19.8 Å². The van der Waals surface area contributed by atoms with Crippen LogP contribution in [-0.2, 0) is 24.2 Å². The summed E-state index contributed by atoms with van der Waals surface area (Å²) in [4.78, 5) is 31.3. The molecule has 5 nitrogen and oxygen atoms in total. The third kappa shape index (κ3) is 3.69. The van der Waals surface area contributed by atoms with E-state index >= 15 is 0 Å². The maximum atomic E-state index is 12.8. The Kier molecular flexibility index (Phi) is 5.66. The lowest BCUT2D eigenvalue weighted by atomic mass is 9.97. The lowest BCUT2D eigenvalue weighted by Crippen LogP contribution is -2.28. The van der Waals surface area contributed by atoms with Gasteiger partial charge in [-0.05, 0) is 37.7 Å². The first-order valence-electron chi connectivity index (χ1n) is 8.97. The van der Waals surface area contributed by atoms with Crippen LogP contribution in [-0.4, -0.2) is 22.0 Å². The van der Waals surface area contributed by atoms with Crippen molar-refractivity contribution < 1.29 is 4.79 Å². The van der Waals surface area contributed by atoms with Crippen LogP contribution in [0.25, 0.3) is 10.2 Å². The van der Waals surface area contributed by atoms with E-state index in [1.165, 1.54) is 16.9 Å². The first-order chi connectivity index (χ1) is 11.7. The number of aromatic nitrogens is 2. The molecular weight excluding hydrogens is 322 g/mol. The molecule has 6 heteroatoms. The molecule has 0 saturated carbocycles. The summed E-state index contributed by atoms with van der Waals surface area (Å²) in [6.45, 7) is 3.25. The van der Waals surface area contributed by atoms with Crippen LogP contribution in [0, 0.1) is 0 Å². The van der Waals surface area contributed by atoms with E-state index in [1.807, 2.05) is 0 Å². The van der Waals surface area contributed by atoms with Gasteiger partial charge in [0.05, 0.1) is 11.7 Å². The van der Waals surface area contributed by atoms with Crippen molar-refractivity contribution in [1.29, 1.82) is 0 Å². The number of nitrogens with one attached hydrogen (secondary N) is 1. The first kappa shape index (κ1) is 17.1. The molecule has 1 aliphatic carbocycles. The van der Waals surface area contributed by atoms with Gasteiger partial charge >= 0.3 is 0 Å². The zero-order valence-corrected chi connectivity index (χ0v) is 15.1. The Bertz CT molecular complexity index is 778. The average Bonchev–Trinajstić information content (AvgIpc) is 2.97. The van der Waals surface area contributed by atoms with Gasteiger partial charge in [-0.2, -0.15) is 0 Å². The van der Waals surface area contributed by atoms with Gasteiger partial charge in [-0.15, -0.1) is 11.3 Å². The van der Waals surface area contributed by atoms with Crippen molar-refractivity contribution >= 4 is 27.5 Å². The summed E-state index contributed by atoms with van der Waals surface area (Å²) in [7, 11) is 0. The van der Waals surface area contributed by atoms with Crippen LogP contribution in [0.4, 0.5) is 0 Å². The van der Waals surface area contributed by atoms with Crippen molar-refractivity contribution in [3.8, 4) is 0 Å². The van der Waals surface area contributed by atoms with Gasteiger partial charge in [0.1, 0.15) is 4.83 Å². The summed E-state index contributed by atoms with van der Waals surface area (Å²) in [5, 5.41) is 3.71. The molecule has 0 aromatic carbocycles.